The van der Waals surface area contributed by atoms with Crippen LogP contribution in [0.3, 0.4) is 0 Å². The highest BCUT2D eigenvalue weighted by atomic mass is 16.6. The number of nitrogens with zero attached hydrogens (tertiary/aromatic N) is 1. The van der Waals surface area contributed by atoms with Gasteiger partial charge >= 0.3 is 0 Å². The number of ether oxygens (including phenoxy) is 3. The van der Waals surface area contributed by atoms with Gasteiger partial charge in [0.25, 0.3) is 5.69 Å². The zero-order valence-corrected chi connectivity index (χ0v) is 9.42. The van der Waals surface area contributed by atoms with E-state index < -0.39 is 4.92 Å². The van der Waals surface area contributed by atoms with E-state index >= 15 is 0 Å². The molecule has 1 aliphatic heterocycles. The summed E-state index contributed by atoms with van der Waals surface area (Å²) in [5.74, 6) is 0.929. The molecule has 1 aromatic carbocycles. The van der Waals surface area contributed by atoms with E-state index in [9.17, 15) is 10.1 Å². The average Bonchev–Trinajstić information content (AvgIpc) is 2.35. The summed E-state index contributed by atoms with van der Waals surface area (Å²) in [7, 11) is 0. The molecule has 0 amide bonds. The molecular weight excluding hydrogens is 226 g/mol. The van der Waals surface area contributed by atoms with Crippen LogP contribution in [-0.4, -0.2) is 30.8 Å². The molecule has 1 aliphatic rings. The summed E-state index contributed by atoms with van der Waals surface area (Å²) in [6.45, 7) is 3.30. The summed E-state index contributed by atoms with van der Waals surface area (Å²) in [5.41, 5.74) is -0.00981. The lowest BCUT2D eigenvalue weighted by Gasteiger charge is -2.25. The number of hydrogen-bond acceptors (Lipinski definition) is 5. The number of hydrogen-bond donors (Lipinski definition) is 0. The molecule has 1 heterocycles. The summed E-state index contributed by atoms with van der Waals surface area (Å²) < 4.78 is 16.2. The summed E-state index contributed by atoms with van der Waals surface area (Å²) >= 11 is 0. The second kappa shape index (κ2) is 5.01. The molecule has 1 unspecified atom stereocenters. The Labute approximate surface area is 98.2 Å². The van der Waals surface area contributed by atoms with Gasteiger partial charge in [-0.1, -0.05) is 0 Å². The van der Waals surface area contributed by atoms with Gasteiger partial charge in [0, 0.05) is 12.7 Å². The molecule has 0 aliphatic carbocycles. The average molecular weight is 239 g/mol. The first-order valence-electron chi connectivity index (χ1n) is 5.36. The number of non-ortho nitro benzene ring substituents is 1. The predicted molar refractivity (Wildman–Crippen MR) is 59.5 cm³/mol. The van der Waals surface area contributed by atoms with Gasteiger partial charge in [-0.25, -0.2) is 0 Å². The molecular formula is C11H13NO5. The zero-order valence-electron chi connectivity index (χ0n) is 9.42. The van der Waals surface area contributed by atoms with Crippen LogP contribution in [-0.2, 0) is 4.74 Å². The number of fused-ring (bicyclic) bond motifs is 1. The SMILES string of the molecule is CCOCC1COc2ccc([N+](=O)[O-])cc2O1. The predicted octanol–water partition coefficient (Wildman–Crippen LogP) is 1.77. The molecule has 92 valence electrons. The lowest BCUT2D eigenvalue weighted by molar-refractivity contribution is -0.385. The van der Waals surface area contributed by atoms with Gasteiger partial charge in [0.2, 0.25) is 0 Å². The molecule has 0 radical (unpaired) electrons. The van der Waals surface area contributed by atoms with Crippen LogP contribution >= 0.6 is 0 Å². The molecule has 6 nitrogen and oxygen atoms in total. The first-order valence-corrected chi connectivity index (χ1v) is 5.36. The number of rotatable bonds is 4. The minimum absolute atomic E-state index is 0.00981. The highest BCUT2D eigenvalue weighted by Crippen LogP contribution is 2.34. The van der Waals surface area contributed by atoms with E-state index in [1.54, 1.807) is 6.07 Å². The maximum Gasteiger partial charge on any atom is 0.273 e. The Morgan fingerprint density at radius 3 is 3.06 bits per heavy atom. The van der Waals surface area contributed by atoms with Crippen molar-refractivity contribution in [2.45, 2.75) is 13.0 Å². The monoisotopic (exact) mass is 239 g/mol. The Hall–Kier alpha value is -1.82. The third-order valence-corrected chi connectivity index (χ3v) is 2.36. The number of benzene rings is 1. The van der Waals surface area contributed by atoms with Crippen LogP contribution in [0, 0.1) is 10.1 Å². The number of nitro benzene ring substituents is 1. The maximum absolute atomic E-state index is 10.6. The molecule has 17 heavy (non-hydrogen) atoms. The topological polar surface area (TPSA) is 70.8 Å². The lowest BCUT2D eigenvalue weighted by Crippen LogP contribution is -2.33. The van der Waals surface area contributed by atoms with Crippen LogP contribution in [0.15, 0.2) is 18.2 Å². The highest BCUT2D eigenvalue weighted by Gasteiger charge is 2.23. The Kier molecular flexibility index (Phi) is 3.43. The molecule has 0 fully saturated rings. The van der Waals surface area contributed by atoms with Gasteiger partial charge in [-0.3, -0.25) is 10.1 Å². The first-order chi connectivity index (χ1) is 8.20. The summed E-state index contributed by atoms with van der Waals surface area (Å²) in [6.07, 6.45) is -0.218. The van der Waals surface area contributed by atoms with Crippen LogP contribution in [0.4, 0.5) is 5.69 Å². The normalized spacial score (nSPS) is 17.8. The smallest absolute Gasteiger partial charge is 0.273 e. The van der Waals surface area contributed by atoms with Crippen LogP contribution in [0.5, 0.6) is 11.5 Å². The van der Waals surface area contributed by atoms with E-state index in [-0.39, 0.29) is 11.8 Å². The van der Waals surface area contributed by atoms with Gasteiger partial charge in [0.05, 0.1) is 17.6 Å². The standard InChI is InChI=1S/C11H13NO5/c1-2-15-6-9-7-16-10-4-3-8(12(13)14)5-11(10)17-9/h3-5,9H,2,6-7H2,1H3. The molecule has 1 aromatic rings. The third kappa shape index (κ3) is 2.65. The van der Waals surface area contributed by atoms with Crippen molar-refractivity contribution < 1.29 is 19.1 Å². The van der Waals surface area contributed by atoms with Crippen molar-refractivity contribution in [3.8, 4) is 11.5 Å². The highest BCUT2D eigenvalue weighted by molar-refractivity contribution is 5.49. The Morgan fingerprint density at radius 2 is 2.35 bits per heavy atom. The Bertz CT molecular complexity index is 420. The quantitative estimate of drug-likeness (QED) is 0.591. The van der Waals surface area contributed by atoms with Gasteiger partial charge in [-0.15, -0.1) is 0 Å². The van der Waals surface area contributed by atoms with Gasteiger partial charge in [-0.2, -0.15) is 0 Å². The van der Waals surface area contributed by atoms with Gasteiger partial charge in [-0.05, 0) is 13.0 Å². The zero-order chi connectivity index (χ0) is 12.3. The van der Waals surface area contributed by atoms with E-state index in [4.69, 9.17) is 14.2 Å². The second-order valence-electron chi connectivity index (χ2n) is 3.60. The molecule has 6 heteroatoms. The van der Waals surface area contributed by atoms with Gasteiger partial charge in [0.15, 0.2) is 17.6 Å². The summed E-state index contributed by atoms with van der Waals surface area (Å²) in [6, 6.07) is 4.31. The van der Waals surface area contributed by atoms with Gasteiger partial charge < -0.3 is 14.2 Å². The molecule has 0 spiro atoms. The van der Waals surface area contributed by atoms with Crippen molar-refractivity contribution in [3.63, 3.8) is 0 Å². The third-order valence-electron chi connectivity index (χ3n) is 2.36. The Balaban J connectivity index is 2.12. The molecule has 0 N–H and O–H groups in total. The molecule has 0 bridgehead atoms. The van der Waals surface area contributed by atoms with E-state index in [0.717, 1.165) is 0 Å². The maximum atomic E-state index is 10.6. The fourth-order valence-corrected chi connectivity index (χ4v) is 1.55. The van der Waals surface area contributed by atoms with Crippen molar-refractivity contribution in [2.24, 2.45) is 0 Å². The Morgan fingerprint density at radius 1 is 1.53 bits per heavy atom. The van der Waals surface area contributed by atoms with Crippen molar-refractivity contribution in [1.29, 1.82) is 0 Å². The molecule has 1 atom stereocenters. The fraction of sp³-hybridized carbons (Fsp3) is 0.455. The minimum atomic E-state index is -0.463. The largest absolute Gasteiger partial charge is 0.486 e. The van der Waals surface area contributed by atoms with Crippen LogP contribution in [0.1, 0.15) is 6.92 Å². The minimum Gasteiger partial charge on any atom is -0.486 e. The summed E-state index contributed by atoms with van der Waals surface area (Å²) in [4.78, 5) is 10.2. The molecule has 0 saturated carbocycles. The van der Waals surface area contributed by atoms with Crippen molar-refractivity contribution >= 4 is 5.69 Å². The van der Waals surface area contributed by atoms with Crippen molar-refractivity contribution in [2.75, 3.05) is 19.8 Å². The van der Waals surface area contributed by atoms with Crippen LogP contribution in [0.2, 0.25) is 0 Å². The van der Waals surface area contributed by atoms with Gasteiger partial charge in [0.1, 0.15) is 6.61 Å². The van der Waals surface area contributed by atoms with Crippen LogP contribution < -0.4 is 9.47 Å². The van der Waals surface area contributed by atoms with E-state index in [2.05, 4.69) is 0 Å². The summed E-state index contributed by atoms with van der Waals surface area (Å²) in [5, 5.41) is 10.6. The van der Waals surface area contributed by atoms with E-state index in [1.165, 1.54) is 12.1 Å². The van der Waals surface area contributed by atoms with Crippen molar-refractivity contribution in [3.05, 3.63) is 28.3 Å². The molecule has 2 rings (SSSR count). The first kappa shape index (κ1) is 11.7. The number of nitro groups is 1. The molecule has 0 saturated heterocycles. The molecule has 0 aromatic heterocycles. The van der Waals surface area contributed by atoms with Crippen molar-refractivity contribution in [1.82, 2.24) is 0 Å². The van der Waals surface area contributed by atoms with E-state index in [1.807, 2.05) is 6.92 Å². The lowest BCUT2D eigenvalue weighted by atomic mass is 10.2. The fourth-order valence-electron chi connectivity index (χ4n) is 1.55. The van der Waals surface area contributed by atoms with E-state index in [0.29, 0.717) is 31.3 Å². The second-order valence-corrected chi connectivity index (χ2v) is 3.60. The van der Waals surface area contributed by atoms with Crippen LogP contribution in [0.25, 0.3) is 0 Å².